The Morgan fingerprint density at radius 2 is 2.12 bits per heavy atom. The van der Waals surface area contributed by atoms with E-state index in [-0.39, 0.29) is 12.1 Å². The minimum Gasteiger partial charge on any atom is -0.467 e. The first-order chi connectivity index (χ1) is 11.7. The molecule has 2 aromatic rings. The van der Waals surface area contributed by atoms with Gasteiger partial charge in [-0.15, -0.1) is 0 Å². The number of aliphatic hydroxyl groups is 1. The third kappa shape index (κ3) is 4.15. The number of hydrogen-bond acceptors (Lipinski definition) is 4. The van der Waals surface area contributed by atoms with Crippen molar-refractivity contribution in [2.75, 3.05) is 19.8 Å². The van der Waals surface area contributed by atoms with Gasteiger partial charge in [0.2, 0.25) is 0 Å². The number of ether oxygens (including phenoxy) is 1. The van der Waals surface area contributed by atoms with Crippen LogP contribution in [0.5, 0.6) is 0 Å². The maximum absolute atomic E-state index is 12.5. The number of benzene rings is 1. The number of carbonyl (C=O) groups is 1. The highest BCUT2D eigenvalue weighted by Gasteiger charge is 2.29. The molecule has 1 aliphatic heterocycles. The molecule has 3 rings (SSSR count). The van der Waals surface area contributed by atoms with E-state index in [0.29, 0.717) is 38.5 Å². The second kappa shape index (κ2) is 7.99. The van der Waals surface area contributed by atoms with Crippen LogP contribution < -0.4 is 5.32 Å². The summed E-state index contributed by atoms with van der Waals surface area (Å²) in [6.45, 7) is 1.79. The molecule has 2 atom stereocenters. The van der Waals surface area contributed by atoms with Gasteiger partial charge in [-0.05, 0) is 17.7 Å². The molecule has 1 aliphatic rings. The average Bonchev–Trinajstić information content (AvgIpc) is 3.14. The maximum atomic E-state index is 12.5. The first-order valence-electron chi connectivity index (χ1n) is 8.11. The average molecular weight is 330 g/mol. The zero-order chi connectivity index (χ0) is 16.8. The van der Waals surface area contributed by atoms with Crippen LogP contribution in [-0.4, -0.2) is 41.8 Å². The van der Waals surface area contributed by atoms with Gasteiger partial charge >= 0.3 is 6.03 Å². The standard InChI is InChI=1S/C18H22N2O4/c21-17(14-5-2-1-3-6-14)11-15-13-23-10-8-20(15)18(22)19-12-16-7-4-9-24-16/h1-7,9,15,17,21H,8,10-13H2,(H,19,22)/t15-,17-/m0/s1. The van der Waals surface area contributed by atoms with Crippen LogP contribution in [0, 0.1) is 0 Å². The van der Waals surface area contributed by atoms with Gasteiger partial charge in [-0.25, -0.2) is 4.79 Å². The molecule has 1 fully saturated rings. The molecule has 6 nitrogen and oxygen atoms in total. The predicted octanol–water partition coefficient (Wildman–Crippen LogP) is 2.31. The van der Waals surface area contributed by atoms with E-state index in [1.807, 2.05) is 36.4 Å². The van der Waals surface area contributed by atoms with Crippen LogP contribution in [0.1, 0.15) is 23.8 Å². The molecule has 2 heterocycles. The lowest BCUT2D eigenvalue weighted by molar-refractivity contribution is -0.00705. The molecule has 2 N–H and O–H groups in total. The molecule has 24 heavy (non-hydrogen) atoms. The van der Waals surface area contributed by atoms with Crippen LogP contribution in [-0.2, 0) is 11.3 Å². The van der Waals surface area contributed by atoms with E-state index >= 15 is 0 Å². The van der Waals surface area contributed by atoms with Crippen LogP contribution in [0.25, 0.3) is 0 Å². The fraction of sp³-hybridized carbons (Fsp3) is 0.389. The van der Waals surface area contributed by atoms with E-state index in [2.05, 4.69) is 5.32 Å². The molecular formula is C18H22N2O4. The lowest BCUT2D eigenvalue weighted by atomic mass is 10.0. The van der Waals surface area contributed by atoms with Gasteiger partial charge in [0.05, 0.1) is 38.2 Å². The Bertz CT molecular complexity index is 630. The minimum absolute atomic E-state index is 0.162. The summed E-state index contributed by atoms with van der Waals surface area (Å²) in [5, 5.41) is 13.3. The van der Waals surface area contributed by atoms with Crippen molar-refractivity contribution in [3.8, 4) is 0 Å². The van der Waals surface area contributed by atoms with Crippen LogP contribution >= 0.6 is 0 Å². The quantitative estimate of drug-likeness (QED) is 0.882. The topological polar surface area (TPSA) is 74.9 Å². The minimum atomic E-state index is -0.627. The number of nitrogens with one attached hydrogen (secondary N) is 1. The maximum Gasteiger partial charge on any atom is 0.318 e. The van der Waals surface area contributed by atoms with Crippen molar-refractivity contribution in [1.29, 1.82) is 0 Å². The smallest absolute Gasteiger partial charge is 0.318 e. The normalized spacial score (nSPS) is 19.0. The molecule has 6 heteroatoms. The predicted molar refractivity (Wildman–Crippen MR) is 88.3 cm³/mol. The number of aliphatic hydroxyl groups excluding tert-OH is 1. The van der Waals surface area contributed by atoms with Crippen LogP contribution in [0.3, 0.4) is 0 Å². The number of amides is 2. The van der Waals surface area contributed by atoms with Crippen molar-refractivity contribution in [1.82, 2.24) is 10.2 Å². The fourth-order valence-corrected chi connectivity index (χ4v) is 2.86. The van der Waals surface area contributed by atoms with Gasteiger partial charge in [0.15, 0.2) is 0 Å². The van der Waals surface area contributed by atoms with Gasteiger partial charge in [0, 0.05) is 13.0 Å². The SMILES string of the molecule is O=C(NCc1ccco1)N1CCOC[C@@H]1C[C@H](O)c1ccccc1. The molecule has 0 aliphatic carbocycles. The van der Waals surface area contributed by atoms with Crippen molar-refractivity contribution in [2.45, 2.75) is 25.1 Å². The van der Waals surface area contributed by atoms with Gasteiger partial charge in [-0.1, -0.05) is 30.3 Å². The van der Waals surface area contributed by atoms with Gasteiger partial charge in [-0.2, -0.15) is 0 Å². The second-order valence-electron chi connectivity index (χ2n) is 5.82. The number of rotatable bonds is 5. The van der Waals surface area contributed by atoms with E-state index in [4.69, 9.17) is 9.15 Å². The third-order valence-corrected chi connectivity index (χ3v) is 4.16. The molecule has 128 valence electrons. The molecule has 0 spiro atoms. The Kier molecular flexibility index (Phi) is 5.51. The van der Waals surface area contributed by atoms with E-state index in [0.717, 1.165) is 5.56 Å². The highest BCUT2D eigenvalue weighted by atomic mass is 16.5. The molecule has 0 bridgehead atoms. The fourth-order valence-electron chi connectivity index (χ4n) is 2.86. The molecule has 1 aromatic heterocycles. The van der Waals surface area contributed by atoms with Gasteiger partial charge in [-0.3, -0.25) is 0 Å². The lowest BCUT2D eigenvalue weighted by Gasteiger charge is -2.36. The van der Waals surface area contributed by atoms with Crippen molar-refractivity contribution in [3.63, 3.8) is 0 Å². The largest absolute Gasteiger partial charge is 0.467 e. The van der Waals surface area contributed by atoms with Crippen molar-refractivity contribution in [2.24, 2.45) is 0 Å². The summed E-state index contributed by atoms with van der Waals surface area (Å²) >= 11 is 0. The highest BCUT2D eigenvalue weighted by molar-refractivity contribution is 5.74. The highest BCUT2D eigenvalue weighted by Crippen LogP contribution is 2.22. The summed E-state index contributed by atoms with van der Waals surface area (Å²) in [6, 6.07) is 12.7. The monoisotopic (exact) mass is 330 g/mol. The Labute approximate surface area is 141 Å². The van der Waals surface area contributed by atoms with Crippen LogP contribution in [0.4, 0.5) is 4.79 Å². The molecule has 0 unspecified atom stereocenters. The number of urea groups is 1. The summed E-state index contributed by atoms with van der Waals surface area (Å²) < 4.78 is 10.7. The molecule has 2 amide bonds. The van der Waals surface area contributed by atoms with E-state index in [9.17, 15) is 9.90 Å². The van der Waals surface area contributed by atoms with Crippen LogP contribution in [0.15, 0.2) is 53.1 Å². The zero-order valence-corrected chi connectivity index (χ0v) is 13.4. The van der Waals surface area contributed by atoms with Gasteiger partial charge < -0.3 is 24.5 Å². The molecular weight excluding hydrogens is 308 g/mol. The second-order valence-corrected chi connectivity index (χ2v) is 5.82. The summed E-state index contributed by atoms with van der Waals surface area (Å²) in [5.41, 5.74) is 0.846. The molecule has 1 saturated heterocycles. The summed E-state index contributed by atoms with van der Waals surface area (Å²) in [7, 11) is 0. The number of morpholine rings is 1. The molecule has 0 saturated carbocycles. The Hall–Kier alpha value is -2.31. The Morgan fingerprint density at radius 3 is 2.88 bits per heavy atom. The van der Waals surface area contributed by atoms with Crippen molar-refractivity contribution in [3.05, 3.63) is 60.1 Å². The summed E-state index contributed by atoms with van der Waals surface area (Å²) in [5.74, 6) is 0.706. The zero-order valence-electron chi connectivity index (χ0n) is 13.4. The molecule has 1 aromatic carbocycles. The first-order valence-corrected chi connectivity index (χ1v) is 8.11. The third-order valence-electron chi connectivity index (χ3n) is 4.16. The van der Waals surface area contributed by atoms with E-state index in [1.165, 1.54) is 0 Å². The Balaban J connectivity index is 1.59. The van der Waals surface area contributed by atoms with E-state index in [1.54, 1.807) is 17.2 Å². The van der Waals surface area contributed by atoms with Crippen molar-refractivity contribution >= 4 is 6.03 Å². The summed E-state index contributed by atoms with van der Waals surface area (Å²) in [6.07, 6.45) is 1.39. The molecule has 0 radical (unpaired) electrons. The van der Waals surface area contributed by atoms with Gasteiger partial charge in [0.1, 0.15) is 5.76 Å². The van der Waals surface area contributed by atoms with E-state index < -0.39 is 6.10 Å². The number of hydrogen-bond donors (Lipinski definition) is 2. The summed E-state index contributed by atoms with van der Waals surface area (Å²) in [4.78, 5) is 14.2. The van der Waals surface area contributed by atoms with Gasteiger partial charge in [0.25, 0.3) is 0 Å². The number of nitrogens with zero attached hydrogens (tertiary/aromatic N) is 1. The van der Waals surface area contributed by atoms with Crippen molar-refractivity contribution < 1.29 is 19.1 Å². The lowest BCUT2D eigenvalue weighted by Crippen LogP contribution is -2.52. The first kappa shape index (κ1) is 16.5. The Morgan fingerprint density at radius 1 is 1.29 bits per heavy atom. The number of furan rings is 1. The van der Waals surface area contributed by atoms with Crippen LogP contribution in [0.2, 0.25) is 0 Å². The number of carbonyl (C=O) groups excluding carboxylic acids is 1.